The Labute approximate surface area is 158 Å². The summed E-state index contributed by atoms with van der Waals surface area (Å²) in [5, 5.41) is 12.1. The van der Waals surface area contributed by atoms with E-state index < -0.39 is 18.5 Å². The zero-order valence-corrected chi connectivity index (χ0v) is 15.3. The number of rotatable bonds is 5. The number of ether oxygens (including phenoxy) is 1. The average molecular weight is 395 g/mol. The first kappa shape index (κ1) is 19.1. The predicted molar refractivity (Wildman–Crippen MR) is 98.3 cm³/mol. The first-order valence-corrected chi connectivity index (χ1v) is 8.93. The molecule has 0 aromatic heterocycles. The van der Waals surface area contributed by atoms with Crippen LogP contribution in [0.25, 0.3) is 0 Å². The number of halogens is 2. The van der Waals surface area contributed by atoms with Crippen molar-refractivity contribution in [2.75, 3.05) is 18.2 Å². The molecule has 0 unspecified atom stereocenters. The minimum absolute atomic E-state index is 0.182. The van der Waals surface area contributed by atoms with Crippen LogP contribution >= 0.6 is 35.0 Å². The number of benzene rings is 2. The van der Waals surface area contributed by atoms with Gasteiger partial charge >= 0.3 is 5.97 Å². The number of thioether (sulfide) groups is 1. The van der Waals surface area contributed by atoms with Crippen molar-refractivity contribution in [3.8, 4) is 6.07 Å². The van der Waals surface area contributed by atoms with Gasteiger partial charge < -0.3 is 10.1 Å². The maximum absolute atomic E-state index is 12.1. The zero-order valence-electron chi connectivity index (χ0n) is 13.0. The highest BCUT2D eigenvalue weighted by Gasteiger charge is 2.15. The van der Waals surface area contributed by atoms with Gasteiger partial charge in [-0.3, -0.25) is 4.79 Å². The van der Waals surface area contributed by atoms with Crippen LogP contribution in [0.15, 0.2) is 41.3 Å². The number of hydrogen-bond donors (Lipinski definition) is 1. The molecular formula is C17H12Cl2N2O3S. The van der Waals surface area contributed by atoms with Crippen LogP contribution in [0.3, 0.4) is 0 Å². The van der Waals surface area contributed by atoms with Crippen molar-refractivity contribution < 1.29 is 14.3 Å². The first-order valence-electron chi connectivity index (χ1n) is 6.94. The minimum Gasteiger partial charge on any atom is -0.452 e. The minimum atomic E-state index is -0.706. The van der Waals surface area contributed by atoms with Crippen molar-refractivity contribution in [3.63, 3.8) is 0 Å². The maximum Gasteiger partial charge on any atom is 0.340 e. The summed E-state index contributed by atoms with van der Waals surface area (Å²) in [5.41, 5.74) is 0.681. The van der Waals surface area contributed by atoms with Crippen molar-refractivity contribution in [1.82, 2.24) is 0 Å². The third kappa shape index (κ3) is 5.13. The van der Waals surface area contributed by atoms with Gasteiger partial charge in [-0.15, -0.1) is 11.8 Å². The Hall–Kier alpha value is -2.20. The number of esters is 1. The van der Waals surface area contributed by atoms with Gasteiger partial charge in [-0.2, -0.15) is 5.26 Å². The fourth-order valence-electron chi connectivity index (χ4n) is 1.90. The third-order valence-corrected chi connectivity index (χ3v) is 4.39. The maximum atomic E-state index is 12.1. The molecule has 8 heteroatoms. The van der Waals surface area contributed by atoms with E-state index in [4.69, 9.17) is 33.2 Å². The van der Waals surface area contributed by atoms with E-state index in [2.05, 4.69) is 5.32 Å². The second-order valence-electron chi connectivity index (χ2n) is 4.77. The van der Waals surface area contributed by atoms with Crippen molar-refractivity contribution >= 4 is 52.5 Å². The van der Waals surface area contributed by atoms with Crippen LogP contribution in [-0.4, -0.2) is 24.7 Å². The largest absolute Gasteiger partial charge is 0.452 e. The standard InChI is InChI=1S/C17H12Cl2N2O3S/c1-25-12-4-5-14(19)13(7-12)17(23)24-9-16(22)21-15-6-11(18)3-2-10(15)8-20/h2-7H,9H2,1H3,(H,21,22). The quantitative estimate of drug-likeness (QED) is 0.600. The molecule has 5 nitrogen and oxygen atoms in total. The Bertz CT molecular complexity index is 865. The summed E-state index contributed by atoms with van der Waals surface area (Å²) in [6.45, 7) is -0.518. The van der Waals surface area contributed by atoms with Crippen LogP contribution < -0.4 is 5.32 Å². The van der Waals surface area contributed by atoms with Gasteiger partial charge in [-0.05, 0) is 42.7 Å². The molecule has 0 aliphatic rings. The fourth-order valence-corrected chi connectivity index (χ4v) is 2.71. The number of hydrogen-bond acceptors (Lipinski definition) is 5. The Morgan fingerprint density at radius 3 is 2.68 bits per heavy atom. The van der Waals surface area contributed by atoms with Gasteiger partial charge in [0.25, 0.3) is 5.91 Å². The van der Waals surface area contributed by atoms with Gasteiger partial charge in [-0.25, -0.2) is 4.79 Å². The Morgan fingerprint density at radius 2 is 2.00 bits per heavy atom. The summed E-state index contributed by atoms with van der Waals surface area (Å²) in [6.07, 6.45) is 1.86. The summed E-state index contributed by atoms with van der Waals surface area (Å²) in [4.78, 5) is 24.9. The molecule has 0 aliphatic heterocycles. The molecule has 0 radical (unpaired) electrons. The van der Waals surface area contributed by atoms with Crippen LogP contribution in [0.1, 0.15) is 15.9 Å². The lowest BCUT2D eigenvalue weighted by Crippen LogP contribution is -2.21. The van der Waals surface area contributed by atoms with Crippen LogP contribution in [0.4, 0.5) is 5.69 Å². The van der Waals surface area contributed by atoms with Gasteiger partial charge in [0.05, 0.1) is 21.8 Å². The second kappa shape index (κ2) is 8.77. The fraction of sp³-hybridized carbons (Fsp3) is 0.118. The monoisotopic (exact) mass is 394 g/mol. The average Bonchev–Trinajstić information content (AvgIpc) is 2.60. The molecular weight excluding hydrogens is 383 g/mol. The number of anilines is 1. The van der Waals surface area contributed by atoms with Crippen molar-refractivity contribution in [3.05, 3.63) is 57.6 Å². The molecule has 0 spiro atoms. The number of carbonyl (C=O) groups is 2. The number of nitrogens with zero attached hydrogens (tertiary/aromatic N) is 1. The molecule has 128 valence electrons. The summed E-state index contributed by atoms with van der Waals surface area (Å²) in [5.74, 6) is -1.30. The van der Waals surface area contributed by atoms with E-state index in [9.17, 15) is 9.59 Å². The van der Waals surface area contributed by atoms with E-state index in [1.54, 1.807) is 18.2 Å². The highest BCUT2D eigenvalue weighted by atomic mass is 35.5. The molecule has 0 aliphatic carbocycles. The lowest BCUT2D eigenvalue weighted by Gasteiger charge is -2.09. The van der Waals surface area contributed by atoms with Gasteiger partial charge in [0, 0.05) is 9.92 Å². The van der Waals surface area contributed by atoms with Gasteiger partial charge in [0.1, 0.15) is 6.07 Å². The zero-order chi connectivity index (χ0) is 18.4. The van der Waals surface area contributed by atoms with Gasteiger partial charge in [0.2, 0.25) is 0 Å². The van der Waals surface area contributed by atoms with E-state index in [0.29, 0.717) is 5.02 Å². The molecule has 0 fully saturated rings. The predicted octanol–water partition coefficient (Wildman–Crippen LogP) is 4.38. The normalized spacial score (nSPS) is 10.0. The molecule has 2 aromatic rings. The molecule has 1 amide bonds. The van der Waals surface area contributed by atoms with E-state index in [-0.39, 0.29) is 21.8 Å². The Kier molecular flexibility index (Phi) is 6.71. The molecule has 0 atom stereocenters. The number of amides is 1. The number of nitriles is 1. The van der Waals surface area contributed by atoms with E-state index >= 15 is 0 Å². The van der Waals surface area contributed by atoms with Gasteiger partial charge in [0.15, 0.2) is 6.61 Å². The summed E-state index contributed by atoms with van der Waals surface area (Å²) < 4.78 is 4.99. The second-order valence-corrected chi connectivity index (χ2v) is 6.50. The lowest BCUT2D eigenvalue weighted by molar-refractivity contribution is -0.119. The molecule has 0 saturated heterocycles. The van der Waals surface area contributed by atoms with Crippen molar-refractivity contribution in [1.29, 1.82) is 5.26 Å². The Balaban J connectivity index is 2.02. The smallest absolute Gasteiger partial charge is 0.340 e. The van der Waals surface area contributed by atoms with Crippen LogP contribution in [-0.2, 0) is 9.53 Å². The van der Waals surface area contributed by atoms with E-state index in [1.165, 1.54) is 30.0 Å². The summed E-state index contributed by atoms with van der Waals surface area (Å²) in [6, 6.07) is 11.4. The van der Waals surface area contributed by atoms with E-state index in [1.807, 2.05) is 12.3 Å². The molecule has 2 aromatic carbocycles. The molecule has 2 rings (SSSR count). The SMILES string of the molecule is CSc1ccc(Cl)c(C(=O)OCC(=O)Nc2cc(Cl)ccc2C#N)c1. The lowest BCUT2D eigenvalue weighted by atomic mass is 10.2. The first-order chi connectivity index (χ1) is 11.9. The van der Waals surface area contributed by atoms with Crippen molar-refractivity contribution in [2.45, 2.75) is 4.90 Å². The van der Waals surface area contributed by atoms with Crippen LogP contribution in [0.5, 0.6) is 0 Å². The summed E-state index contributed by atoms with van der Waals surface area (Å²) >= 11 is 13.3. The number of nitrogens with one attached hydrogen (secondary N) is 1. The van der Waals surface area contributed by atoms with Crippen LogP contribution in [0.2, 0.25) is 10.0 Å². The topological polar surface area (TPSA) is 79.2 Å². The van der Waals surface area contributed by atoms with Crippen molar-refractivity contribution in [2.24, 2.45) is 0 Å². The molecule has 0 bridgehead atoms. The molecule has 0 heterocycles. The highest BCUT2D eigenvalue weighted by Crippen LogP contribution is 2.24. The third-order valence-electron chi connectivity index (χ3n) is 3.10. The van der Waals surface area contributed by atoms with Gasteiger partial charge in [-0.1, -0.05) is 23.2 Å². The molecule has 0 saturated carbocycles. The number of carbonyl (C=O) groups excluding carboxylic acids is 2. The molecule has 1 N–H and O–H groups in total. The summed E-state index contributed by atoms with van der Waals surface area (Å²) in [7, 11) is 0. The highest BCUT2D eigenvalue weighted by molar-refractivity contribution is 7.98. The van der Waals surface area contributed by atoms with E-state index in [0.717, 1.165) is 4.90 Å². The molecule has 25 heavy (non-hydrogen) atoms. The van der Waals surface area contributed by atoms with Crippen LogP contribution in [0, 0.1) is 11.3 Å². The Morgan fingerprint density at radius 1 is 1.24 bits per heavy atom.